The first-order valence-corrected chi connectivity index (χ1v) is 10.7. The lowest BCUT2D eigenvalue weighted by molar-refractivity contribution is -0.130. The average Bonchev–Trinajstić information content (AvgIpc) is 3.14. The lowest BCUT2D eigenvalue weighted by Crippen LogP contribution is -2.42. The van der Waals surface area contributed by atoms with E-state index in [0.717, 1.165) is 35.9 Å². The summed E-state index contributed by atoms with van der Waals surface area (Å²) in [5.41, 5.74) is 1.79. The van der Waals surface area contributed by atoms with Crippen molar-refractivity contribution < 1.29 is 19.4 Å². The van der Waals surface area contributed by atoms with Gasteiger partial charge in [-0.25, -0.2) is 0 Å². The number of ether oxygens (including phenoxy) is 2. The Balaban J connectivity index is 1.29. The molecule has 0 bridgehead atoms. The Morgan fingerprint density at radius 3 is 2.57 bits per heavy atom. The molecule has 6 nitrogen and oxygen atoms in total. The number of aryl methyl sites for hydroxylation is 2. The highest BCUT2D eigenvalue weighted by atomic mass is 16.5. The van der Waals surface area contributed by atoms with E-state index in [1.54, 1.807) is 0 Å². The first kappa shape index (κ1) is 20.7. The molecule has 2 aliphatic rings. The van der Waals surface area contributed by atoms with Gasteiger partial charge in [0, 0.05) is 18.8 Å². The third-order valence-electron chi connectivity index (χ3n) is 6.22. The molecule has 2 heterocycles. The highest BCUT2D eigenvalue weighted by Gasteiger charge is 2.43. The summed E-state index contributed by atoms with van der Waals surface area (Å²) in [5, 5.41) is 10.6. The van der Waals surface area contributed by atoms with Gasteiger partial charge < -0.3 is 19.5 Å². The summed E-state index contributed by atoms with van der Waals surface area (Å²) in [6, 6.07) is 13.4. The number of aromatic nitrogens is 1. The summed E-state index contributed by atoms with van der Waals surface area (Å²) in [6.07, 6.45) is 1.00. The SMILES string of the molecule is Cc1ccc(O[C@@H]2C[C@@H]3CN(C(=O)CCOc4ccccc4)C[C@@H]3C[C@H]2O)c(C)n1. The average molecular weight is 411 g/mol. The number of hydrogen-bond acceptors (Lipinski definition) is 5. The zero-order chi connectivity index (χ0) is 21.1. The zero-order valence-corrected chi connectivity index (χ0v) is 17.7. The molecule has 1 amide bonds. The molecule has 1 aliphatic heterocycles. The molecule has 1 aromatic heterocycles. The summed E-state index contributed by atoms with van der Waals surface area (Å²) in [4.78, 5) is 19.0. The van der Waals surface area contributed by atoms with Gasteiger partial charge in [-0.2, -0.15) is 0 Å². The normalized spacial score (nSPS) is 25.6. The molecule has 6 heteroatoms. The molecule has 0 radical (unpaired) electrons. The van der Waals surface area contributed by atoms with Crippen LogP contribution in [0.5, 0.6) is 11.5 Å². The maximum atomic E-state index is 12.7. The largest absolute Gasteiger partial charge is 0.493 e. The molecule has 0 unspecified atom stereocenters. The number of aliphatic hydroxyl groups is 1. The second-order valence-electron chi connectivity index (χ2n) is 8.46. The van der Waals surface area contributed by atoms with Crippen LogP contribution in [-0.4, -0.2) is 52.8 Å². The molecule has 1 N–H and O–H groups in total. The summed E-state index contributed by atoms with van der Waals surface area (Å²) in [6.45, 7) is 5.69. The second kappa shape index (κ2) is 9.04. The van der Waals surface area contributed by atoms with E-state index in [1.165, 1.54) is 0 Å². The molecule has 4 atom stereocenters. The summed E-state index contributed by atoms with van der Waals surface area (Å²) < 4.78 is 11.8. The Kier molecular flexibility index (Phi) is 6.23. The molecule has 1 aliphatic carbocycles. The molecule has 160 valence electrons. The molecule has 2 fully saturated rings. The number of rotatable bonds is 6. The predicted molar refractivity (Wildman–Crippen MR) is 113 cm³/mol. The Labute approximate surface area is 177 Å². The number of pyridine rings is 1. The van der Waals surface area contributed by atoms with Crippen molar-refractivity contribution in [2.45, 2.75) is 45.3 Å². The van der Waals surface area contributed by atoms with Crippen LogP contribution in [0.25, 0.3) is 0 Å². The van der Waals surface area contributed by atoms with Crippen LogP contribution in [0.1, 0.15) is 30.7 Å². The van der Waals surface area contributed by atoms with Crippen LogP contribution in [-0.2, 0) is 4.79 Å². The van der Waals surface area contributed by atoms with Crippen LogP contribution in [0.3, 0.4) is 0 Å². The van der Waals surface area contributed by atoms with E-state index in [4.69, 9.17) is 9.47 Å². The minimum atomic E-state index is -0.525. The van der Waals surface area contributed by atoms with E-state index < -0.39 is 6.10 Å². The smallest absolute Gasteiger partial charge is 0.226 e. The number of carbonyl (C=O) groups is 1. The third-order valence-corrected chi connectivity index (χ3v) is 6.22. The van der Waals surface area contributed by atoms with Gasteiger partial charge >= 0.3 is 0 Å². The highest BCUT2D eigenvalue weighted by Crippen LogP contribution is 2.38. The minimum absolute atomic E-state index is 0.117. The summed E-state index contributed by atoms with van der Waals surface area (Å²) >= 11 is 0. The monoisotopic (exact) mass is 410 g/mol. The number of amides is 1. The van der Waals surface area contributed by atoms with E-state index in [-0.39, 0.29) is 12.0 Å². The van der Waals surface area contributed by atoms with Crippen molar-refractivity contribution in [2.75, 3.05) is 19.7 Å². The number of nitrogens with zero attached hydrogens (tertiary/aromatic N) is 2. The van der Waals surface area contributed by atoms with Crippen molar-refractivity contribution in [3.05, 3.63) is 53.9 Å². The Morgan fingerprint density at radius 1 is 1.10 bits per heavy atom. The first-order valence-electron chi connectivity index (χ1n) is 10.7. The molecule has 2 aromatic rings. The van der Waals surface area contributed by atoms with Crippen molar-refractivity contribution in [1.82, 2.24) is 9.88 Å². The maximum absolute atomic E-state index is 12.7. The summed E-state index contributed by atoms with van der Waals surface area (Å²) in [5.74, 6) is 2.31. The van der Waals surface area contributed by atoms with E-state index in [1.807, 2.05) is 61.2 Å². The molecule has 0 spiro atoms. The van der Waals surface area contributed by atoms with Crippen molar-refractivity contribution in [3.8, 4) is 11.5 Å². The topological polar surface area (TPSA) is 71.9 Å². The molecule has 4 rings (SSSR count). The molecular weight excluding hydrogens is 380 g/mol. The van der Waals surface area contributed by atoms with Crippen LogP contribution in [0.15, 0.2) is 42.5 Å². The van der Waals surface area contributed by atoms with E-state index in [0.29, 0.717) is 37.8 Å². The van der Waals surface area contributed by atoms with Gasteiger partial charge in [-0.3, -0.25) is 9.78 Å². The fourth-order valence-electron chi connectivity index (χ4n) is 4.61. The predicted octanol–water partition coefficient (Wildman–Crippen LogP) is 3.14. The summed E-state index contributed by atoms with van der Waals surface area (Å²) in [7, 11) is 0. The number of hydrogen-bond donors (Lipinski definition) is 1. The maximum Gasteiger partial charge on any atom is 0.226 e. The number of para-hydroxylation sites is 1. The van der Waals surface area contributed by atoms with Crippen LogP contribution < -0.4 is 9.47 Å². The molecule has 30 heavy (non-hydrogen) atoms. The van der Waals surface area contributed by atoms with Gasteiger partial charge in [0.1, 0.15) is 17.6 Å². The quantitative estimate of drug-likeness (QED) is 0.792. The number of fused-ring (bicyclic) bond motifs is 1. The van der Waals surface area contributed by atoms with Gasteiger partial charge in [0.15, 0.2) is 0 Å². The highest BCUT2D eigenvalue weighted by molar-refractivity contribution is 5.76. The van der Waals surface area contributed by atoms with Crippen molar-refractivity contribution in [1.29, 1.82) is 0 Å². The van der Waals surface area contributed by atoms with Gasteiger partial charge in [0.2, 0.25) is 5.91 Å². The van der Waals surface area contributed by atoms with Gasteiger partial charge in [0.05, 0.1) is 24.8 Å². The van der Waals surface area contributed by atoms with Crippen LogP contribution in [0.4, 0.5) is 0 Å². The van der Waals surface area contributed by atoms with Crippen LogP contribution in [0, 0.1) is 25.7 Å². The molecule has 1 aromatic carbocycles. The van der Waals surface area contributed by atoms with Crippen molar-refractivity contribution in [3.63, 3.8) is 0 Å². The lowest BCUT2D eigenvalue weighted by atomic mass is 9.78. The zero-order valence-electron chi connectivity index (χ0n) is 17.7. The third kappa shape index (κ3) is 4.75. The van der Waals surface area contributed by atoms with Crippen LogP contribution in [0.2, 0.25) is 0 Å². The van der Waals surface area contributed by atoms with Gasteiger partial charge in [-0.1, -0.05) is 18.2 Å². The molecular formula is C24H30N2O4. The van der Waals surface area contributed by atoms with Crippen molar-refractivity contribution in [2.24, 2.45) is 11.8 Å². The standard InChI is InChI=1S/C24H30N2O4/c1-16-8-9-22(17(2)25-16)30-23-13-19-15-26(14-18(19)12-21(23)27)24(28)10-11-29-20-6-4-3-5-7-20/h3-9,18-19,21,23,27H,10-15H2,1-2H3/t18-,19+,21+,23+/m0/s1. The number of likely N-dealkylation sites (tertiary alicyclic amines) is 1. The van der Waals surface area contributed by atoms with E-state index in [9.17, 15) is 9.90 Å². The minimum Gasteiger partial charge on any atom is -0.493 e. The Bertz CT molecular complexity index is 873. The Hall–Kier alpha value is -2.60. The molecule has 1 saturated heterocycles. The first-order chi connectivity index (χ1) is 14.5. The fraction of sp³-hybridized carbons (Fsp3) is 0.500. The Morgan fingerprint density at radius 2 is 1.83 bits per heavy atom. The lowest BCUT2D eigenvalue weighted by Gasteiger charge is -2.35. The number of carbonyl (C=O) groups excluding carboxylic acids is 1. The van der Waals surface area contributed by atoms with Gasteiger partial charge in [-0.15, -0.1) is 0 Å². The molecule has 1 saturated carbocycles. The van der Waals surface area contributed by atoms with E-state index in [2.05, 4.69) is 4.98 Å². The fourth-order valence-corrected chi connectivity index (χ4v) is 4.61. The van der Waals surface area contributed by atoms with Gasteiger partial charge in [0.25, 0.3) is 0 Å². The number of benzene rings is 1. The van der Waals surface area contributed by atoms with Crippen LogP contribution >= 0.6 is 0 Å². The van der Waals surface area contributed by atoms with Crippen molar-refractivity contribution >= 4 is 5.91 Å². The van der Waals surface area contributed by atoms with Gasteiger partial charge in [-0.05, 0) is 62.8 Å². The number of aliphatic hydroxyl groups excluding tert-OH is 1. The van der Waals surface area contributed by atoms with E-state index >= 15 is 0 Å². The second-order valence-corrected chi connectivity index (χ2v) is 8.46.